The van der Waals surface area contributed by atoms with Crippen molar-refractivity contribution in [3.63, 3.8) is 0 Å². The summed E-state index contributed by atoms with van der Waals surface area (Å²) in [5.41, 5.74) is 8.73. The number of rotatable bonds is 6. The van der Waals surface area contributed by atoms with E-state index in [0.29, 0.717) is 20.8 Å². The highest BCUT2D eigenvalue weighted by atomic mass is 16.8. The van der Waals surface area contributed by atoms with Crippen LogP contribution < -0.4 is 0 Å². The minimum atomic E-state index is -4.27. The second-order valence-corrected chi connectivity index (χ2v) is 6.10. The molecule has 1 rings (SSSR count). The first kappa shape index (κ1) is 26.0. The van der Waals surface area contributed by atoms with E-state index >= 15 is 0 Å². The lowest BCUT2D eigenvalue weighted by Gasteiger charge is -2.57. The highest BCUT2D eigenvalue weighted by molar-refractivity contribution is 5.69. The average Bonchev–Trinajstić information content (AvgIpc) is 2.55. The number of aliphatic hydroxyl groups excluding tert-OH is 1. The number of nitrogens with zero attached hydrogens (tertiary/aromatic N) is 3. The molecule has 17 nitrogen and oxygen atoms in total. The lowest BCUT2D eigenvalue weighted by atomic mass is 9.84. The highest BCUT2D eigenvalue weighted by Crippen LogP contribution is 2.52. The Morgan fingerprint density at radius 2 is 1.35 bits per heavy atom. The van der Waals surface area contributed by atoms with E-state index in [1.54, 1.807) is 0 Å². The van der Waals surface area contributed by atoms with Crippen molar-refractivity contribution in [2.24, 2.45) is 5.11 Å². The Bertz CT molecular complexity index is 829. The molecule has 0 aliphatic carbocycles. The molecule has 5 N–H and O–H groups in total. The molecule has 31 heavy (non-hydrogen) atoms. The van der Waals surface area contributed by atoms with Crippen molar-refractivity contribution in [1.82, 2.24) is 0 Å². The van der Waals surface area contributed by atoms with Gasteiger partial charge in [0.05, 0.1) is 0 Å². The van der Waals surface area contributed by atoms with E-state index < -0.39 is 59.5 Å². The Labute approximate surface area is 172 Å². The zero-order valence-corrected chi connectivity index (χ0v) is 16.4. The van der Waals surface area contributed by atoms with Crippen molar-refractivity contribution in [3.8, 4) is 0 Å². The molecule has 1 heterocycles. The number of esters is 4. The van der Waals surface area contributed by atoms with E-state index in [1.807, 2.05) is 0 Å². The molecule has 0 radical (unpaired) electrons. The van der Waals surface area contributed by atoms with E-state index in [9.17, 15) is 44.7 Å². The Balaban J connectivity index is 4.02. The van der Waals surface area contributed by atoms with Gasteiger partial charge in [-0.2, -0.15) is 0 Å². The largest absolute Gasteiger partial charge is 0.433 e. The van der Waals surface area contributed by atoms with Crippen LogP contribution in [0.2, 0.25) is 0 Å². The Kier molecular flexibility index (Phi) is 7.21. The molecule has 1 aliphatic heterocycles. The molecule has 174 valence electrons. The van der Waals surface area contributed by atoms with Gasteiger partial charge in [-0.25, -0.2) is 0 Å². The van der Waals surface area contributed by atoms with Crippen molar-refractivity contribution < 1.29 is 68.4 Å². The summed E-state index contributed by atoms with van der Waals surface area (Å²) in [6, 6.07) is 0. The number of carbonyl (C=O) groups is 4. The minimum absolute atomic E-state index is 0.583. The van der Waals surface area contributed by atoms with Gasteiger partial charge in [0.2, 0.25) is 6.29 Å². The van der Waals surface area contributed by atoms with Crippen LogP contribution in [0.5, 0.6) is 0 Å². The fraction of sp³-hybridized carbons (Fsp3) is 0.714. The predicted octanol–water partition coefficient (Wildman–Crippen LogP) is -3.02. The van der Waals surface area contributed by atoms with Crippen LogP contribution >= 0.6 is 0 Å². The van der Waals surface area contributed by atoms with E-state index in [0.717, 1.165) is 6.92 Å². The van der Waals surface area contributed by atoms with Crippen molar-refractivity contribution in [2.45, 2.75) is 63.4 Å². The van der Waals surface area contributed by atoms with Gasteiger partial charge in [0.15, 0.2) is 6.10 Å². The van der Waals surface area contributed by atoms with Gasteiger partial charge in [-0.3, -0.25) is 19.2 Å². The molecule has 1 saturated heterocycles. The van der Waals surface area contributed by atoms with Crippen LogP contribution in [-0.4, -0.2) is 85.1 Å². The van der Waals surface area contributed by atoms with Crippen LogP contribution in [0.4, 0.5) is 0 Å². The van der Waals surface area contributed by atoms with Crippen molar-refractivity contribution in [3.05, 3.63) is 10.4 Å². The maximum Gasteiger partial charge on any atom is 0.352 e. The zero-order chi connectivity index (χ0) is 24.4. The molecule has 0 amide bonds. The summed E-state index contributed by atoms with van der Waals surface area (Å²) in [6.07, 6.45) is -5.60. The predicted molar refractivity (Wildman–Crippen MR) is 86.9 cm³/mol. The SMILES string of the molecule is CC(=O)OC(O)[C@H]1O[C@@](O)(N=[N+]=[N-])[C@](O)(OC(C)=O)[C@](O)(OC(C)=O)[C@]1(O)OC(C)=O. The summed E-state index contributed by atoms with van der Waals surface area (Å²) in [5.74, 6) is -22.3. The van der Waals surface area contributed by atoms with Gasteiger partial charge in [-0.05, 0) is 10.6 Å². The van der Waals surface area contributed by atoms with Crippen molar-refractivity contribution in [1.29, 1.82) is 0 Å². The molecule has 1 fully saturated rings. The van der Waals surface area contributed by atoms with Crippen LogP contribution in [0, 0.1) is 0 Å². The standard InChI is InChI=1S/C14H19N3O14/c1-5(18)27-10(22)9-11(23,28-6(2)19)12(24,29-7(3)20)13(25,30-8(4)21)14(26,31-9)16-17-15/h9-10,22-26H,1-4H3/t9-,10?,11-,12-,13-,14-/m1/s1. The lowest BCUT2D eigenvalue weighted by Crippen LogP contribution is -2.87. The maximum absolute atomic E-state index is 11.6. The molecule has 0 saturated carbocycles. The third-order valence-electron chi connectivity index (χ3n) is 3.67. The van der Waals surface area contributed by atoms with E-state index in [2.05, 4.69) is 33.7 Å². The number of hydrogen-bond donors (Lipinski definition) is 5. The van der Waals surface area contributed by atoms with Gasteiger partial charge in [-0.15, -0.1) is 0 Å². The number of carbonyl (C=O) groups excluding carboxylic acids is 4. The average molecular weight is 453 g/mol. The van der Waals surface area contributed by atoms with Gasteiger partial charge in [0, 0.05) is 32.6 Å². The Morgan fingerprint density at radius 1 is 0.903 bits per heavy atom. The van der Waals surface area contributed by atoms with Gasteiger partial charge >= 0.3 is 47.1 Å². The molecule has 0 bridgehead atoms. The molecule has 1 unspecified atom stereocenters. The molecule has 0 spiro atoms. The van der Waals surface area contributed by atoms with Crippen LogP contribution in [0.3, 0.4) is 0 Å². The third-order valence-corrected chi connectivity index (χ3v) is 3.67. The normalized spacial score (nSPS) is 35.7. The molecule has 0 aromatic rings. The van der Waals surface area contributed by atoms with E-state index in [-0.39, 0.29) is 0 Å². The second-order valence-electron chi connectivity index (χ2n) is 6.10. The van der Waals surface area contributed by atoms with Crippen molar-refractivity contribution in [2.75, 3.05) is 0 Å². The molecular weight excluding hydrogens is 434 g/mol. The number of ether oxygens (including phenoxy) is 5. The quantitative estimate of drug-likeness (QED) is 0.0669. The highest BCUT2D eigenvalue weighted by Gasteiger charge is 2.86. The van der Waals surface area contributed by atoms with Crippen LogP contribution in [0.25, 0.3) is 10.4 Å². The molecule has 0 aromatic carbocycles. The molecule has 1 aliphatic rings. The van der Waals surface area contributed by atoms with Gasteiger partial charge < -0.3 is 49.2 Å². The summed E-state index contributed by atoms with van der Waals surface area (Å²) in [7, 11) is 0. The first-order valence-corrected chi connectivity index (χ1v) is 8.07. The van der Waals surface area contributed by atoms with Crippen LogP contribution in [0.1, 0.15) is 27.7 Å². The zero-order valence-electron chi connectivity index (χ0n) is 16.4. The summed E-state index contributed by atoms with van der Waals surface area (Å²) < 4.78 is 22.3. The molecule has 6 atom stereocenters. The maximum atomic E-state index is 11.6. The smallest absolute Gasteiger partial charge is 0.352 e. The number of aliphatic hydroxyl groups is 5. The van der Waals surface area contributed by atoms with Gasteiger partial charge in [-0.1, -0.05) is 0 Å². The van der Waals surface area contributed by atoms with Gasteiger partial charge in [0.1, 0.15) is 0 Å². The lowest BCUT2D eigenvalue weighted by molar-refractivity contribution is -0.563. The van der Waals surface area contributed by atoms with Crippen LogP contribution in [-0.2, 0) is 42.9 Å². The molecule has 0 aromatic heterocycles. The summed E-state index contributed by atoms with van der Waals surface area (Å²) in [6.45, 7) is 2.55. The fourth-order valence-electron chi connectivity index (χ4n) is 2.67. The monoisotopic (exact) mass is 453 g/mol. The molecule has 17 heteroatoms. The minimum Gasteiger partial charge on any atom is -0.433 e. The van der Waals surface area contributed by atoms with Crippen LogP contribution in [0.15, 0.2) is 5.11 Å². The Morgan fingerprint density at radius 3 is 1.74 bits per heavy atom. The fourth-order valence-corrected chi connectivity index (χ4v) is 2.67. The first-order chi connectivity index (χ1) is 14.0. The first-order valence-electron chi connectivity index (χ1n) is 8.07. The Hall–Kier alpha value is -3.05. The summed E-state index contributed by atoms with van der Waals surface area (Å²) in [5, 5.41) is 56.1. The van der Waals surface area contributed by atoms with Gasteiger partial charge in [0.25, 0.3) is 0 Å². The van der Waals surface area contributed by atoms with E-state index in [4.69, 9.17) is 5.53 Å². The summed E-state index contributed by atoms with van der Waals surface area (Å²) in [4.78, 5) is 48.1. The third kappa shape index (κ3) is 4.37. The molecular formula is C14H19N3O14. The summed E-state index contributed by atoms with van der Waals surface area (Å²) >= 11 is 0. The second kappa shape index (κ2) is 8.60. The number of hydrogen-bond acceptors (Lipinski definition) is 15. The topological polar surface area (TPSA) is 264 Å². The van der Waals surface area contributed by atoms with Crippen molar-refractivity contribution >= 4 is 23.9 Å². The number of azide groups is 1. The van der Waals surface area contributed by atoms with E-state index in [1.165, 1.54) is 0 Å².